The first-order chi connectivity index (χ1) is 22.4. The van der Waals surface area contributed by atoms with E-state index in [9.17, 15) is 24.6 Å². The van der Waals surface area contributed by atoms with E-state index in [1.54, 1.807) is 0 Å². The molecule has 0 saturated heterocycles. The van der Waals surface area contributed by atoms with E-state index in [1.165, 1.54) is 37.0 Å². The molecule has 0 bridgehead atoms. The van der Waals surface area contributed by atoms with Crippen molar-refractivity contribution in [2.24, 2.45) is 34.3 Å². The van der Waals surface area contributed by atoms with E-state index >= 15 is 0 Å². The number of benzene rings is 1. The first-order valence-electron chi connectivity index (χ1n) is 17.2. The second-order valence-electron chi connectivity index (χ2n) is 14.4. The van der Waals surface area contributed by atoms with Crippen LogP contribution in [-0.2, 0) is 23.8 Å². The number of primary amides is 1. The van der Waals surface area contributed by atoms with Crippen LogP contribution in [0.3, 0.4) is 0 Å². The van der Waals surface area contributed by atoms with Crippen LogP contribution in [0.2, 0.25) is 0 Å². The number of aliphatic hydroxyl groups excluding tert-OH is 1. The molecule has 3 fully saturated rings. The number of carbonyl (C=O) groups excluding carboxylic acids is 3. The molecule has 0 aliphatic heterocycles. The molecule has 11 heteroatoms. The number of amides is 1. The summed E-state index contributed by atoms with van der Waals surface area (Å²) in [4.78, 5) is 36.2. The van der Waals surface area contributed by atoms with Gasteiger partial charge in [-0.15, -0.1) is 0 Å². The maximum atomic E-state index is 12.5. The SMILES string of the molecule is C[C@@]12CC[C@@H](O)CC1=CCC1C2CC[C@]2(C)C1CC[C@H]2OCCC(=O)CCCOCCOCC(=O)Oc1ccc(N)c(O)c1C(N)=O. The molecule has 1 amide bonds. The number of ether oxygens (including phenoxy) is 4. The average molecular weight is 657 g/mol. The molecular weight excluding hydrogens is 604 g/mol. The highest BCUT2D eigenvalue weighted by Gasteiger charge is 2.59. The van der Waals surface area contributed by atoms with Crippen molar-refractivity contribution < 1.29 is 43.5 Å². The lowest BCUT2D eigenvalue weighted by molar-refractivity contribution is -0.140. The molecule has 260 valence electrons. The number of phenols is 1. The van der Waals surface area contributed by atoms with Gasteiger partial charge in [-0.1, -0.05) is 25.5 Å². The second-order valence-corrected chi connectivity index (χ2v) is 14.4. The highest BCUT2D eigenvalue weighted by Crippen LogP contribution is 2.65. The monoisotopic (exact) mass is 656 g/mol. The summed E-state index contributed by atoms with van der Waals surface area (Å²) in [5.74, 6) is -0.300. The number of hydrogen-bond donors (Lipinski definition) is 4. The Labute approximate surface area is 277 Å². The molecule has 4 aliphatic rings. The summed E-state index contributed by atoms with van der Waals surface area (Å²) in [5.41, 5.74) is 12.3. The predicted octanol–water partition coefficient (Wildman–Crippen LogP) is 4.46. The van der Waals surface area contributed by atoms with Crippen molar-refractivity contribution in [2.75, 3.05) is 38.8 Å². The molecule has 6 N–H and O–H groups in total. The van der Waals surface area contributed by atoms with Gasteiger partial charge in [0.2, 0.25) is 0 Å². The van der Waals surface area contributed by atoms with E-state index in [1.807, 2.05) is 0 Å². The summed E-state index contributed by atoms with van der Waals surface area (Å²) >= 11 is 0. The minimum absolute atomic E-state index is 0.0659. The van der Waals surface area contributed by atoms with Gasteiger partial charge in [-0.3, -0.25) is 9.59 Å². The molecule has 5 rings (SSSR count). The zero-order valence-corrected chi connectivity index (χ0v) is 27.8. The molecule has 0 radical (unpaired) electrons. The van der Waals surface area contributed by atoms with Gasteiger partial charge < -0.3 is 40.6 Å². The summed E-state index contributed by atoms with van der Waals surface area (Å²) in [6.45, 7) is 5.72. The van der Waals surface area contributed by atoms with Crippen molar-refractivity contribution in [3.8, 4) is 11.5 Å². The third-order valence-corrected chi connectivity index (χ3v) is 11.7. The number of nitrogens with two attached hydrogens (primary N) is 2. The third kappa shape index (κ3) is 7.69. The molecular formula is C36H52N2O9. The van der Waals surface area contributed by atoms with Gasteiger partial charge in [0.05, 0.1) is 37.7 Å². The lowest BCUT2D eigenvalue weighted by Crippen LogP contribution is -2.51. The van der Waals surface area contributed by atoms with E-state index in [4.69, 9.17) is 30.4 Å². The van der Waals surface area contributed by atoms with E-state index < -0.39 is 24.2 Å². The minimum Gasteiger partial charge on any atom is -0.505 e. The zero-order chi connectivity index (χ0) is 33.8. The number of rotatable bonds is 15. The Balaban J connectivity index is 0.936. The molecule has 1 aromatic rings. The van der Waals surface area contributed by atoms with Gasteiger partial charge in [-0.2, -0.15) is 0 Å². The number of aromatic hydroxyl groups is 1. The van der Waals surface area contributed by atoms with Gasteiger partial charge in [0.15, 0.2) is 5.75 Å². The summed E-state index contributed by atoms with van der Waals surface area (Å²) in [6.07, 6.45) is 12.6. The Morgan fingerprint density at radius 3 is 2.53 bits per heavy atom. The number of esters is 1. The fourth-order valence-corrected chi connectivity index (χ4v) is 9.12. The predicted molar refractivity (Wildman–Crippen MR) is 175 cm³/mol. The summed E-state index contributed by atoms with van der Waals surface area (Å²) in [7, 11) is 0. The van der Waals surface area contributed by atoms with E-state index in [2.05, 4.69) is 19.9 Å². The molecule has 3 unspecified atom stereocenters. The third-order valence-electron chi connectivity index (χ3n) is 11.7. The van der Waals surface area contributed by atoms with Gasteiger partial charge in [-0.05, 0) is 98.5 Å². The Morgan fingerprint density at radius 1 is 0.957 bits per heavy atom. The Hall–Kier alpha value is -2.99. The van der Waals surface area contributed by atoms with Crippen LogP contribution in [0.1, 0.15) is 94.8 Å². The molecule has 0 aromatic heterocycles. The Morgan fingerprint density at radius 2 is 1.74 bits per heavy atom. The van der Waals surface area contributed by atoms with Crippen LogP contribution < -0.4 is 16.2 Å². The highest BCUT2D eigenvalue weighted by atomic mass is 16.6. The molecule has 1 aromatic carbocycles. The Kier molecular flexibility index (Phi) is 11.3. The molecule has 0 heterocycles. The van der Waals surface area contributed by atoms with Crippen LogP contribution in [-0.4, -0.2) is 73.1 Å². The minimum atomic E-state index is -0.982. The van der Waals surface area contributed by atoms with Crippen molar-refractivity contribution in [2.45, 2.75) is 96.7 Å². The lowest BCUT2D eigenvalue weighted by Gasteiger charge is -2.57. The second kappa shape index (κ2) is 15.1. The van der Waals surface area contributed by atoms with Crippen molar-refractivity contribution >= 4 is 23.3 Å². The smallest absolute Gasteiger partial charge is 0.337 e. The zero-order valence-electron chi connectivity index (χ0n) is 27.8. The van der Waals surface area contributed by atoms with Crippen molar-refractivity contribution in [1.29, 1.82) is 0 Å². The van der Waals surface area contributed by atoms with Crippen molar-refractivity contribution in [1.82, 2.24) is 0 Å². The number of hydrogen-bond acceptors (Lipinski definition) is 10. The van der Waals surface area contributed by atoms with Crippen molar-refractivity contribution in [3.63, 3.8) is 0 Å². The number of nitrogen functional groups attached to an aromatic ring is 1. The maximum Gasteiger partial charge on any atom is 0.337 e. The molecule has 11 nitrogen and oxygen atoms in total. The maximum absolute atomic E-state index is 12.5. The summed E-state index contributed by atoms with van der Waals surface area (Å²) in [5, 5.41) is 20.2. The van der Waals surface area contributed by atoms with Crippen LogP contribution in [0, 0.1) is 28.6 Å². The van der Waals surface area contributed by atoms with Crippen LogP contribution in [0.15, 0.2) is 23.8 Å². The van der Waals surface area contributed by atoms with Gasteiger partial charge in [0.25, 0.3) is 5.91 Å². The summed E-state index contributed by atoms with van der Waals surface area (Å²) < 4.78 is 22.3. The van der Waals surface area contributed by atoms with Crippen LogP contribution in [0.25, 0.3) is 0 Å². The Bertz CT molecular complexity index is 1350. The quantitative estimate of drug-likeness (QED) is 0.0526. The molecule has 3 saturated carbocycles. The van der Waals surface area contributed by atoms with Crippen molar-refractivity contribution in [3.05, 3.63) is 29.3 Å². The molecule has 4 aliphatic carbocycles. The fraction of sp³-hybridized carbons (Fsp3) is 0.694. The van der Waals surface area contributed by atoms with Gasteiger partial charge in [-0.25, -0.2) is 4.79 Å². The number of allylic oxidation sites excluding steroid dienone is 1. The number of aliphatic hydroxyl groups is 1. The van der Waals surface area contributed by atoms with Gasteiger partial charge >= 0.3 is 5.97 Å². The van der Waals surface area contributed by atoms with E-state index in [-0.39, 0.29) is 59.0 Å². The van der Waals surface area contributed by atoms with Gasteiger partial charge in [0.1, 0.15) is 23.7 Å². The van der Waals surface area contributed by atoms with Crippen LogP contribution >= 0.6 is 0 Å². The largest absolute Gasteiger partial charge is 0.505 e. The molecule has 47 heavy (non-hydrogen) atoms. The first-order valence-corrected chi connectivity index (χ1v) is 17.2. The summed E-state index contributed by atoms with van der Waals surface area (Å²) in [6, 6.07) is 2.56. The number of fused-ring (bicyclic) bond motifs is 5. The number of anilines is 1. The number of Topliss-reactive ketones (excluding diaryl/α,β-unsaturated/α-hetero) is 1. The standard InChI is InChI=1S/C36H52N2O9/c1-35-14-11-24(40)20-22(35)5-6-25-26-7-10-30(36(26,2)15-12-27(25)35)46-17-13-23(39)4-3-16-44-18-19-45-21-31(41)47-29-9-8-28(37)33(42)32(29)34(38)43/h5,8-9,24-27,30,40,42H,3-4,6-7,10-21,37H2,1-2H3,(H2,38,43)/t24-,25?,26?,27?,30-,35-,36-/m1/s1. The van der Waals surface area contributed by atoms with E-state index in [0.29, 0.717) is 50.2 Å². The first kappa shape index (κ1) is 35.3. The topological polar surface area (TPSA) is 181 Å². The number of carbonyl (C=O) groups is 3. The normalized spacial score (nSPS) is 31.3. The highest BCUT2D eigenvalue weighted by molar-refractivity contribution is 6.00. The fourth-order valence-electron chi connectivity index (χ4n) is 9.12. The molecule has 7 atom stereocenters. The molecule has 0 spiro atoms. The van der Waals surface area contributed by atoms with E-state index in [0.717, 1.165) is 32.1 Å². The number of ketones is 1. The van der Waals surface area contributed by atoms with Crippen LogP contribution in [0.4, 0.5) is 5.69 Å². The van der Waals surface area contributed by atoms with Gasteiger partial charge in [0, 0.05) is 19.4 Å². The van der Waals surface area contributed by atoms with Crippen LogP contribution in [0.5, 0.6) is 11.5 Å². The average Bonchev–Trinajstić information content (AvgIpc) is 3.36. The lowest BCUT2D eigenvalue weighted by atomic mass is 9.48.